The van der Waals surface area contributed by atoms with Crippen molar-refractivity contribution < 1.29 is 0 Å². The first-order valence-electron chi connectivity index (χ1n) is 10.3. The number of nitrogens with zero attached hydrogens (tertiary/aromatic N) is 2. The van der Waals surface area contributed by atoms with Crippen LogP contribution >= 0.6 is 0 Å². The fourth-order valence-electron chi connectivity index (χ4n) is 4.07. The molecule has 4 heteroatoms. The van der Waals surface area contributed by atoms with Crippen molar-refractivity contribution in [1.29, 1.82) is 0 Å². The number of nitrogens with one attached hydrogen (secondary N) is 2. The third-order valence-electron chi connectivity index (χ3n) is 5.88. The maximum absolute atomic E-state index is 4.29. The monoisotopic (exact) mass is 374 g/mol. The van der Waals surface area contributed by atoms with E-state index in [-0.39, 0.29) is 0 Å². The molecule has 1 aliphatic heterocycles. The molecule has 2 N–H and O–H groups in total. The van der Waals surface area contributed by atoms with Gasteiger partial charge in [0.1, 0.15) is 0 Å². The molecule has 28 heavy (non-hydrogen) atoms. The van der Waals surface area contributed by atoms with Crippen molar-refractivity contribution in [2.75, 3.05) is 19.6 Å². The maximum Gasteiger partial charge on any atom is 0.0695 e. The molecule has 3 aromatic rings. The number of H-pyrrole nitrogens is 1. The predicted molar refractivity (Wildman–Crippen MR) is 115 cm³/mol. The van der Waals surface area contributed by atoms with Crippen molar-refractivity contribution in [3.05, 3.63) is 77.0 Å². The minimum Gasteiger partial charge on any atom is -0.312 e. The lowest BCUT2D eigenvalue weighted by Crippen LogP contribution is -2.26. The summed E-state index contributed by atoms with van der Waals surface area (Å²) >= 11 is 0. The predicted octanol–water partition coefficient (Wildman–Crippen LogP) is 4.31. The Hall–Kier alpha value is -2.43. The standard InChI is InChI=1S/C24H30N4/c1-18-8-9-22(12-19(18)2)24-23(15-26-27-24)14-25-13-21-10-11-28(17-21)16-20-6-4-3-5-7-20/h3-9,12,15,21,25H,10-11,13-14,16-17H2,1-2H3,(H,26,27)/t21-/m1/s1. The number of benzene rings is 2. The van der Waals surface area contributed by atoms with Gasteiger partial charge in [-0.15, -0.1) is 0 Å². The van der Waals surface area contributed by atoms with E-state index in [2.05, 4.69) is 82.8 Å². The van der Waals surface area contributed by atoms with Gasteiger partial charge in [-0.1, -0.05) is 42.5 Å². The van der Waals surface area contributed by atoms with E-state index in [0.29, 0.717) is 0 Å². The van der Waals surface area contributed by atoms with Gasteiger partial charge in [-0.3, -0.25) is 10.00 Å². The van der Waals surface area contributed by atoms with Crippen molar-refractivity contribution in [1.82, 2.24) is 20.4 Å². The van der Waals surface area contributed by atoms with E-state index in [1.165, 1.54) is 47.3 Å². The van der Waals surface area contributed by atoms with Gasteiger partial charge in [0, 0.05) is 30.8 Å². The molecule has 0 aliphatic carbocycles. The van der Waals surface area contributed by atoms with Gasteiger partial charge in [0.05, 0.1) is 11.9 Å². The summed E-state index contributed by atoms with van der Waals surface area (Å²) in [7, 11) is 0. The lowest BCUT2D eigenvalue weighted by Gasteiger charge is -2.16. The van der Waals surface area contributed by atoms with Gasteiger partial charge in [0.15, 0.2) is 0 Å². The van der Waals surface area contributed by atoms with Crippen LogP contribution in [-0.4, -0.2) is 34.7 Å². The first-order valence-corrected chi connectivity index (χ1v) is 10.3. The van der Waals surface area contributed by atoms with Crippen LogP contribution in [-0.2, 0) is 13.1 Å². The Morgan fingerprint density at radius 2 is 1.96 bits per heavy atom. The number of rotatable bonds is 7. The van der Waals surface area contributed by atoms with E-state index in [9.17, 15) is 0 Å². The lowest BCUT2D eigenvalue weighted by molar-refractivity contribution is 0.314. The molecule has 0 amide bonds. The number of hydrogen-bond donors (Lipinski definition) is 2. The van der Waals surface area contributed by atoms with E-state index in [1.54, 1.807) is 0 Å². The number of likely N-dealkylation sites (tertiary alicyclic amines) is 1. The highest BCUT2D eigenvalue weighted by atomic mass is 15.1. The number of hydrogen-bond acceptors (Lipinski definition) is 3. The summed E-state index contributed by atoms with van der Waals surface area (Å²) < 4.78 is 0. The van der Waals surface area contributed by atoms with Crippen LogP contribution in [0.15, 0.2) is 54.7 Å². The van der Waals surface area contributed by atoms with E-state index in [1.807, 2.05) is 6.20 Å². The second kappa shape index (κ2) is 8.72. The van der Waals surface area contributed by atoms with Gasteiger partial charge in [-0.2, -0.15) is 5.10 Å². The zero-order valence-corrected chi connectivity index (χ0v) is 16.9. The van der Waals surface area contributed by atoms with Crippen LogP contribution in [0, 0.1) is 19.8 Å². The van der Waals surface area contributed by atoms with E-state index < -0.39 is 0 Å². The fourth-order valence-corrected chi connectivity index (χ4v) is 4.07. The molecular weight excluding hydrogens is 344 g/mol. The Kier molecular flexibility index (Phi) is 5.89. The van der Waals surface area contributed by atoms with Gasteiger partial charge in [0.2, 0.25) is 0 Å². The molecule has 0 bridgehead atoms. The van der Waals surface area contributed by atoms with Gasteiger partial charge < -0.3 is 5.32 Å². The third-order valence-corrected chi connectivity index (χ3v) is 5.88. The number of aryl methyl sites for hydroxylation is 2. The highest BCUT2D eigenvalue weighted by molar-refractivity contribution is 5.64. The summed E-state index contributed by atoms with van der Waals surface area (Å²) in [6.07, 6.45) is 3.23. The summed E-state index contributed by atoms with van der Waals surface area (Å²) in [6, 6.07) is 17.4. The minimum absolute atomic E-state index is 0.723. The molecule has 1 fully saturated rings. The highest BCUT2D eigenvalue weighted by Gasteiger charge is 2.22. The molecule has 1 atom stereocenters. The van der Waals surface area contributed by atoms with Crippen LogP contribution in [0.4, 0.5) is 0 Å². The topological polar surface area (TPSA) is 44.0 Å². The Bertz CT molecular complexity index is 900. The molecular formula is C24H30N4. The molecule has 0 spiro atoms. The molecule has 4 nitrogen and oxygen atoms in total. The van der Waals surface area contributed by atoms with Crippen molar-refractivity contribution in [3.8, 4) is 11.3 Å². The van der Waals surface area contributed by atoms with Gasteiger partial charge in [0.25, 0.3) is 0 Å². The minimum atomic E-state index is 0.723. The average Bonchev–Trinajstić information content (AvgIpc) is 3.35. The van der Waals surface area contributed by atoms with E-state index in [0.717, 1.165) is 31.2 Å². The highest BCUT2D eigenvalue weighted by Crippen LogP contribution is 2.24. The van der Waals surface area contributed by atoms with E-state index in [4.69, 9.17) is 0 Å². The van der Waals surface area contributed by atoms with Crippen LogP contribution in [0.3, 0.4) is 0 Å². The summed E-state index contributed by atoms with van der Waals surface area (Å²) in [5, 5.41) is 11.1. The summed E-state index contributed by atoms with van der Waals surface area (Å²) in [6.45, 7) is 9.66. The lowest BCUT2D eigenvalue weighted by atomic mass is 10.0. The van der Waals surface area contributed by atoms with Gasteiger partial charge in [-0.25, -0.2) is 0 Å². The second-order valence-corrected chi connectivity index (χ2v) is 8.08. The largest absolute Gasteiger partial charge is 0.312 e. The zero-order valence-electron chi connectivity index (χ0n) is 16.9. The zero-order chi connectivity index (χ0) is 19.3. The van der Waals surface area contributed by atoms with Crippen molar-refractivity contribution >= 4 is 0 Å². The molecule has 0 unspecified atom stereocenters. The first-order chi connectivity index (χ1) is 13.7. The molecule has 0 saturated carbocycles. The van der Waals surface area contributed by atoms with Crippen molar-refractivity contribution in [2.24, 2.45) is 5.92 Å². The van der Waals surface area contributed by atoms with Gasteiger partial charge >= 0.3 is 0 Å². The Balaban J connectivity index is 1.28. The summed E-state index contributed by atoms with van der Waals surface area (Å²) in [5.74, 6) is 0.723. The number of aromatic nitrogens is 2. The quantitative estimate of drug-likeness (QED) is 0.648. The molecule has 1 saturated heterocycles. The first kappa shape index (κ1) is 18.9. The SMILES string of the molecule is Cc1ccc(-c2[nH]ncc2CNC[C@H]2CCN(Cc3ccccc3)C2)cc1C. The van der Waals surface area contributed by atoms with Crippen molar-refractivity contribution in [2.45, 2.75) is 33.4 Å². The maximum atomic E-state index is 4.29. The smallest absolute Gasteiger partial charge is 0.0695 e. The second-order valence-electron chi connectivity index (χ2n) is 8.08. The fraction of sp³-hybridized carbons (Fsp3) is 0.375. The van der Waals surface area contributed by atoms with Gasteiger partial charge in [-0.05, 0) is 62.0 Å². The molecule has 146 valence electrons. The van der Waals surface area contributed by atoms with E-state index >= 15 is 0 Å². The Morgan fingerprint density at radius 3 is 2.79 bits per heavy atom. The van der Waals surface area contributed by atoms with Crippen LogP contribution in [0.1, 0.15) is 28.7 Å². The summed E-state index contributed by atoms with van der Waals surface area (Å²) in [4.78, 5) is 2.57. The number of aromatic amines is 1. The normalized spacial score (nSPS) is 17.3. The van der Waals surface area contributed by atoms with Crippen LogP contribution < -0.4 is 5.32 Å². The molecule has 1 aromatic heterocycles. The summed E-state index contributed by atoms with van der Waals surface area (Å²) in [5.41, 5.74) is 7.63. The molecule has 0 radical (unpaired) electrons. The molecule has 2 heterocycles. The van der Waals surface area contributed by atoms with Crippen molar-refractivity contribution in [3.63, 3.8) is 0 Å². The average molecular weight is 375 g/mol. The Labute approximate surface area is 168 Å². The molecule has 2 aromatic carbocycles. The van der Waals surface area contributed by atoms with Crippen LogP contribution in [0.2, 0.25) is 0 Å². The van der Waals surface area contributed by atoms with Crippen LogP contribution in [0.25, 0.3) is 11.3 Å². The van der Waals surface area contributed by atoms with Crippen LogP contribution in [0.5, 0.6) is 0 Å². The third kappa shape index (κ3) is 4.51. The molecule has 1 aliphatic rings. The Morgan fingerprint density at radius 1 is 1.11 bits per heavy atom. The molecule has 4 rings (SSSR count).